The quantitative estimate of drug-likeness (QED) is 0.154. The van der Waals surface area contributed by atoms with Crippen molar-refractivity contribution in [3.63, 3.8) is 0 Å². The Bertz CT molecular complexity index is 2640. The fourth-order valence-electron chi connectivity index (χ4n) is 6.89. The van der Waals surface area contributed by atoms with E-state index in [1.807, 2.05) is 67.4 Å². The zero-order chi connectivity index (χ0) is 38.8. The molecule has 6 heteroatoms. The number of benzene rings is 6. The molecule has 0 aliphatic heterocycles. The van der Waals surface area contributed by atoms with E-state index >= 15 is 0 Å². The number of hydrogen-bond acceptors (Lipinski definition) is 4. The molecular formula is C52H35IrN3O2-2. The third-order valence-corrected chi connectivity index (χ3v) is 9.59. The normalized spacial score (nSPS) is 10.4. The molecule has 0 saturated heterocycles. The molecule has 0 unspecified atom stereocenters. The van der Waals surface area contributed by atoms with Crippen LogP contribution in [0.15, 0.2) is 207 Å². The molecule has 5 nitrogen and oxygen atoms in total. The Morgan fingerprint density at radius 2 is 0.862 bits per heavy atom. The van der Waals surface area contributed by atoms with Crippen molar-refractivity contribution in [2.24, 2.45) is 0 Å². The van der Waals surface area contributed by atoms with Crippen LogP contribution >= 0.6 is 0 Å². The average Bonchev–Trinajstić information content (AvgIpc) is 3.30. The van der Waals surface area contributed by atoms with E-state index in [0.717, 1.165) is 78.0 Å². The largest absolute Gasteiger partial charge is 0.521 e. The first-order valence-electron chi connectivity index (χ1n) is 18.5. The van der Waals surface area contributed by atoms with Crippen molar-refractivity contribution >= 4 is 5.97 Å². The first-order chi connectivity index (χ1) is 28.1. The van der Waals surface area contributed by atoms with Crippen LogP contribution in [0.5, 0.6) is 0 Å². The van der Waals surface area contributed by atoms with Crippen LogP contribution < -0.4 is 0 Å². The van der Waals surface area contributed by atoms with Gasteiger partial charge in [0.15, 0.2) is 0 Å². The van der Waals surface area contributed by atoms with E-state index in [-0.39, 0.29) is 25.7 Å². The first kappa shape index (κ1) is 39.1. The van der Waals surface area contributed by atoms with E-state index in [1.165, 1.54) is 6.07 Å². The molecule has 3 aromatic heterocycles. The first-order valence-corrected chi connectivity index (χ1v) is 18.5. The van der Waals surface area contributed by atoms with E-state index in [4.69, 9.17) is 10.1 Å². The molecule has 1 N–H and O–H groups in total. The third-order valence-electron chi connectivity index (χ3n) is 9.59. The topological polar surface area (TPSA) is 76.0 Å². The molecule has 0 aliphatic rings. The SMILES string of the molecule is O=C(O)c1[c-]cccc1.[Ir].[c-]1ccccc1-c1ccc(-c2ccccc2-c2cc(-c3ccccc3-c3cccnc3)cc(-c3ccccc3-c3cccnc3)c2)cn1. The number of rotatable bonds is 8. The molecular weight excluding hydrogens is 891 g/mol. The van der Waals surface area contributed by atoms with Gasteiger partial charge in [0.1, 0.15) is 0 Å². The molecule has 0 fully saturated rings. The maximum atomic E-state index is 10.2. The van der Waals surface area contributed by atoms with Crippen molar-refractivity contribution in [2.75, 3.05) is 0 Å². The molecule has 9 aromatic rings. The summed E-state index contributed by atoms with van der Waals surface area (Å²) in [5.74, 6) is -0.935. The zero-order valence-corrected chi connectivity index (χ0v) is 33.6. The van der Waals surface area contributed by atoms with Crippen molar-refractivity contribution in [1.82, 2.24) is 15.0 Å². The van der Waals surface area contributed by atoms with Gasteiger partial charge in [-0.05, 0) is 91.7 Å². The van der Waals surface area contributed by atoms with Crippen LogP contribution in [0.25, 0.3) is 78.0 Å². The smallest absolute Gasteiger partial charge is 0.247 e. The minimum atomic E-state index is -0.935. The maximum Gasteiger partial charge on any atom is 0.247 e. The Hall–Kier alpha value is -7.11. The van der Waals surface area contributed by atoms with Crippen LogP contribution in [0.3, 0.4) is 0 Å². The molecule has 0 saturated carbocycles. The number of carbonyl (C=O) groups is 1. The van der Waals surface area contributed by atoms with E-state index < -0.39 is 5.97 Å². The molecule has 1 radical (unpaired) electrons. The Kier molecular flexibility index (Phi) is 12.6. The summed E-state index contributed by atoms with van der Waals surface area (Å²) in [5, 5.41) is 8.35. The van der Waals surface area contributed by atoms with Crippen molar-refractivity contribution in [3.8, 4) is 78.0 Å². The second kappa shape index (κ2) is 18.7. The van der Waals surface area contributed by atoms with E-state index in [0.29, 0.717) is 0 Å². The van der Waals surface area contributed by atoms with Gasteiger partial charge in [-0.3, -0.25) is 9.97 Å². The zero-order valence-electron chi connectivity index (χ0n) is 31.2. The minimum absolute atomic E-state index is 0. The van der Waals surface area contributed by atoms with Gasteiger partial charge < -0.3 is 14.9 Å². The summed E-state index contributed by atoms with van der Waals surface area (Å²) in [5.41, 5.74) is 15.5. The number of nitrogens with zero attached hydrogens (tertiary/aromatic N) is 3. The predicted molar refractivity (Wildman–Crippen MR) is 229 cm³/mol. The summed E-state index contributed by atoms with van der Waals surface area (Å²) in [4.78, 5) is 23.9. The second-order valence-corrected chi connectivity index (χ2v) is 13.2. The number of carboxylic acid groups (broad SMARTS) is 1. The molecule has 0 amide bonds. The Labute approximate surface area is 351 Å². The molecule has 6 aromatic carbocycles. The van der Waals surface area contributed by atoms with Crippen LogP contribution in [0.4, 0.5) is 0 Å². The van der Waals surface area contributed by atoms with Gasteiger partial charge in [-0.1, -0.05) is 103 Å². The fourth-order valence-corrected chi connectivity index (χ4v) is 6.89. The molecule has 0 bridgehead atoms. The van der Waals surface area contributed by atoms with E-state index in [9.17, 15) is 4.79 Å². The van der Waals surface area contributed by atoms with Crippen molar-refractivity contribution in [3.05, 3.63) is 225 Å². The van der Waals surface area contributed by atoms with Crippen molar-refractivity contribution in [1.29, 1.82) is 0 Å². The Morgan fingerprint density at radius 1 is 0.431 bits per heavy atom. The molecule has 3 heterocycles. The van der Waals surface area contributed by atoms with Crippen LogP contribution in [0, 0.1) is 12.1 Å². The Morgan fingerprint density at radius 3 is 1.21 bits per heavy atom. The van der Waals surface area contributed by atoms with Gasteiger partial charge in [0, 0.05) is 62.2 Å². The maximum absolute atomic E-state index is 10.2. The van der Waals surface area contributed by atoms with Crippen molar-refractivity contribution < 1.29 is 30.0 Å². The van der Waals surface area contributed by atoms with Gasteiger partial charge in [0.05, 0.1) is 0 Å². The number of pyridine rings is 3. The van der Waals surface area contributed by atoms with Crippen LogP contribution in [0.2, 0.25) is 0 Å². The van der Waals surface area contributed by atoms with Crippen molar-refractivity contribution in [2.45, 2.75) is 0 Å². The summed E-state index contributed by atoms with van der Waals surface area (Å²) in [6.45, 7) is 0. The molecule has 281 valence electrons. The molecule has 58 heavy (non-hydrogen) atoms. The summed E-state index contributed by atoms with van der Waals surface area (Å²) in [7, 11) is 0. The summed E-state index contributed by atoms with van der Waals surface area (Å²) in [6, 6.07) is 65.4. The van der Waals surface area contributed by atoms with E-state index in [1.54, 1.807) is 18.2 Å². The summed E-state index contributed by atoms with van der Waals surface area (Å²) < 4.78 is 0. The minimum Gasteiger partial charge on any atom is -0.521 e. The van der Waals surface area contributed by atoms with E-state index in [2.05, 4.69) is 137 Å². The molecule has 0 atom stereocenters. The number of aromatic carboxylic acids is 1. The van der Waals surface area contributed by atoms with Gasteiger partial charge in [-0.2, -0.15) is 0 Å². The second-order valence-electron chi connectivity index (χ2n) is 13.2. The summed E-state index contributed by atoms with van der Waals surface area (Å²) >= 11 is 0. The van der Waals surface area contributed by atoms with Gasteiger partial charge in [0.25, 0.3) is 0 Å². The van der Waals surface area contributed by atoms with Crippen LogP contribution in [-0.2, 0) is 20.1 Å². The number of aromatic nitrogens is 3. The van der Waals surface area contributed by atoms with Gasteiger partial charge in [-0.25, -0.2) is 0 Å². The van der Waals surface area contributed by atoms with Gasteiger partial charge >= 0.3 is 0 Å². The van der Waals surface area contributed by atoms with Gasteiger partial charge in [-0.15, -0.1) is 66.2 Å². The molecule has 0 aliphatic carbocycles. The van der Waals surface area contributed by atoms with Crippen LogP contribution in [-0.4, -0.2) is 26.0 Å². The fraction of sp³-hybridized carbons (Fsp3) is 0. The summed E-state index contributed by atoms with van der Waals surface area (Å²) in [6.07, 6.45) is 9.46. The Balaban J connectivity index is 0.000000455. The van der Waals surface area contributed by atoms with Gasteiger partial charge in [0.2, 0.25) is 5.97 Å². The molecule has 0 spiro atoms. The third kappa shape index (κ3) is 8.96. The number of carboxylic acids is 1. The molecule has 9 rings (SSSR count). The average molecular weight is 926 g/mol. The predicted octanol–water partition coefficient (Wildman–Crippen LogP) is 12.5. The van der Waals surface area contributed by atoms with Crippen LogP contribution in [0.1, 0.15) is 10.4 Å². The monoisotopic (exact) mass is 926 g/mol. The standard InChI is InChI=1S/C45H30N3.C7H5O2.Ir/c1-2-12-32(13-3-1)45-23-22-35(31-48-45)41-18-6-9-21-44(41)38-27-36(42-19-7-4-16-39(42)33-14-10-24-46-29-33)26-37(28-38)43-20-8-5-17-40(43)34-15-11-25-47-30-34;8-7(9)6-4-2-1-3-5-6;/h1-12,14-31H;1-4H,(H,8,9);/q2*-1;. The number of hydrogen-bond donors (Lipinski definition) is 1.